The van der Waals surface area contributed by atoms with Crippen molar-refractivity contribution in [1.82, 2.24) is 4.57 Å². The van der Waals surface area contributed by atoms with Crippen LogP contribution < -0.4 is 4.90 Å². The first-order valence-corrected chi connectivity index (χ1v) is 21.6. The van der Waals surface area contributed by atoms with Crippen molar-refractivity contribution >= 4 is 28.4 Å². The van der Waals surface area contributed by atoms with Crippen molar-refractivity contribution in [1.29, 1.82) is 0 Å². The number of anilines is 1. The van der Waals surface area contributed by atoms with Crippen molar-refractivity contribution < 1.29 is 0 Å². The maximum atomic E-state index is 2.69. The summed E-state index contributed by atoms with van der Waals surface area (Å²) in [5.41, 5.74) is 19.0. The van der Waals surface area contributed by atoms with Gasteiger partial charge in [0.2, 0.25) is 0 Å². The summed E-state index contributed by atoms with van der Waals surface area (Å²) in [4.78, 5) is 2.63. The van der Waals surface area contributed by atoms with Gasteiger partial charge in [-0.15, -0.1) is 0 Å². The Labute approximate surface area is 333 Å². The molecule has 1 aliphatic heterocycles. The Morgan fingerprint density at radius 2 is 1.59 bits per heavy atom. The molecule has 56 heavy (non-hydrogen) atoms. The Morgan fingerprint density at radius 1 is 0.661 bits per heavy atom. The van der Waals surface area contributed by atoms with Crippen LogP contribution in [0.25, 0.3) is 22.7 Å². The third kappa shape index (κ3) is 5.92. The van der Waals surface area contributed by atoms with Crippen LogP contribution in [0.5, 0.6) is 0 Å². The fourth-order valence-electron chi connectivity index (χ4n) is 11.1. The van der Waals surface area contributed by atoms with Gasteiger partial charge >= 0.3 is 0 Å². The van der Waals surface area contributed by atoms with E-state index >= 15 is 0 Å². The normalized spacial score (nSPS) is 26.4. The van der Waals surface area contributed by atoms with Gasteiger partial charge in [-0.3, -0.25) is 0 Å². The smallest absolute Gasteiger partial charge is 0.0534 e. The highest BCUT2D eigenvalue weighted by Crippen LogP contribution is 2.54. The van der Waals surface area contributed by atoms with Crippen molar-refractivity contribution in [3.8, 4) is 0 Å². The molecule has 7 aliphatic carbocycles. The second-order valence-electron chi connectivity index (χ2n) is 17.1. The maximum absolute atomic E-state index is 2.69. The molecule has 11 rings (SSSR count). The average Bonchev–Trinajstić information content (AvgIpc) is 3.79. The largest absolute Gasteiger partial charge is 0.317 e. The van der Waals surface area contributed by atoms with E-state index in [4.69, 9.17) is 0 Å². The Balaban J connectivity index is 0.937. The molecular weight excluding hydrogens is 677 g/mol. The molecule has 4 atom stereocenters. The zero-order chi connectivity index (χ0) is 37.0. The summed E-state index contributed by atoms with van der Waals surface area (Å²) < 4.78 is 2.69. The van der Waals surface area contributed by atoms with E-state index in [1.807, 2.05) is 0 Å². The molecule has 0 fully saturated rings. The molecule has 0 amide bonds. The second kappa shape index (κ2) is 14.3. The molecular formula is C54H52N2. The first-order valence-electron chi connectivity index (χ1n) is 21.6. The fourth-order valence-corrected chi connectivity index (χ4v) is 11.1. The molecule has 0 N–H and O–H groups in total. The maximum Gasteiger partial charge on any atom is 0.0534 e. The van der Waals surface area contributed by atoms with Gasteiger partial charge in [-0.25, -0.2) is 0 Å². The predicted molar refractivity (Wildman–Crippen MR) is 236 cm³/mol. The second-order valence-corrected chi connectivity index (χ2v) is 17.1. The molecule has 1 aromatic heterocycles. The van der Waals surface area contributed by atoms with Crippen LogP contribution in [0.15, 0.2) is 173 Å². The molecule has 278 valence electrons. The van der Waals surface area contributed by atoms with Crippen molar-refractivity contribution in [2.75, 3.05) is 4.90 Å². The van der Waals surface area contributed by atoms with Gasteiger partial charge in [-0.05, 0) is 159 Å². The summed E-state index contributed by atoms with van der Waals surface area (Å²) in [6.07, 6.45) is 54.2. The number of para-hydroxylation sites is 1. The molecule has 8 aliphatic rings. The zero-order valence-electron chi connectivity index (χ0n) is 32.5. The van der Waals surface area contributed by atoms with Crippen LogP contribution in [-0.4, -0.2) is 4.57 Å². The van der Waals surface area contributed by atoms with Gasteiger partial charge in [0, 0.05) is 45.3 Å². The molecule has 0 spiro atoms. The van der Waals surface area contributed by atoms with Crippen LogP contribution in [0.3, 0.4) is 0 Å². The molecule has 3 aromatic rings. The van der Waals surface area contributed by atoms with E-state index in [-0.39, 0.29) is 0 Å². The van der Waals surface area contributed by atoms with Crippen molar-refractivity contribution in [3.63, 3.8) is 0 Å². The number of nitrogens with zero attached hydrogens (tertiary/aromatic N) is 2. The van der Waals surface area contributed by atoms with Crippen LogP contribution in [0.1, 0.15) is 105 Å². The van der Waals surface area contributed by atoms with Gasteiger partial charge in [-0.2, -0.15) is 0 Å². The summed E-state index contributed by atoms with van der Waals surface area (Å²) in [5, 5.41) is 1.43. The quantitative estimate of drug-likeness (QED) is 0.245. The third-order valence-corrected chi connectivity index (χ3v) is 13.9. The molecule has 0 saturated heterocycles. The van der Waals surface area contributed by atoms with Crippen LogP contribution in [0.4, 0.5) is 5.69 Å². The van der Waals surface area contributed by atoms with E-state index in [0.29, 0.717) is 23.7 Å². The molecule has 4 unspecified atom stereocenters. The van der Waals surface area contributed by atoms with Gasteiger partial charge in [0.1, 0.15) is 0 Å². The molecule has 0 bridgehead atoms. The lowest BCUT2D eigenvalue weighted by Crippen LogP contribution is -2.23. The summed E-state index contributed by atoms with van der Waals surface area (Å²) >= 11 is 0. The van der Waals surface area contributed by atoms with Crippen LogP contribution in [-0.2, 0) is 6.42 Å². The monoisotopic (exact) mass is 728 g/mol. The Kier molecular flexibility index (Phi) is 8.67. The van der Waals surface area contributed by atoms with Crippen LogP contribution in [0.2, 0.25) is 0 Å². The van der Waals surface area contributed by atoms with E-state index in [1.54, 1.807) is 0 Å². The Morgan fingerprint density at radius 3 is 2.45 bits per heavy atom. The van der Waals surface area contributed by atoms with Gasteiger partial charge in [-0.1, -0.05) is 115 Å². The lowest BCUT2D eigenvalue weighted by atomic mass is 9.78. The SMILES string of the molecule is C1=CCCC(C2=CC=C(N3C4=CCC(c5ccc6c(c5)c5c(n6C6=CC(C7=CCCC=C7)=CC(C7C=CC=CC7)C6)CCC=C5)CC4c4ccccc43)CC2)=C1. The number of fused-ring (bicyclic) bond motifs is 6. The minimum atomic E-state index is 0.429. The molecule has 2 aromatic carbocycles. The predicted octanol–water partition coefficient (Wildman–Crippen LogP) is 14.0. The van der Waals surface area contributed by atoms with Crippen molar-refractivity contribution in [2.45, 2.75) is 88.9 Å². The summed E-state index contributed by atoms with van der Waals surface area (Å²) in [6, 6.07) is 16.8. The van der Waals surface area contributed by atoms with Crippen molar-refractivity contribution in [2.24, 2.45) is 11.8 Å². The first-order chi connectivity index (χ1) is 27.8. The highest BCUT2D eigenvalue weighted by Gasteiger charge is 2.39. The van der Waals surface area contributed by atoms with E-state index in [9.17, 15) is 0 Å². The molecule has 2 heterocycles. The molecule has 0 radical (unpaired) electrons. The van der Waals surface area contributed by atoms with E-state index in [1.165, 1.54) is 84.8 Å². The minimum Gasteiger partial charge on any atom is -0.317 e. The minimum absolute atomic E-state index is 0.429. The topological polar surface area (TPSA) is 8.17 Å². The number of hydrogen-bond acceptors (Lipinski definition) is 1. The van der Waals surface area contributed by atoms with Gasteiger partial charge in [0.15, 0.2) is 0 Å². The standard InChI is InChI=1S/C54H52N2/c1-4-14-37(15-5-1)40-24-28-45(29-25-40)55-51-22-12-10-20-47(51)49-35-41(26-30-53(49)55)42-27-31-54-50(36-42)48-21-11-13-23-52(48)56(54)46-33-43(38-16-6-2-7-17-38)32-44(34-46)39-18-8-3-9-19-39/h1-2,4,6-8,10-12,14,16,18-22,24,27-28,30-32,34,36,38,41,43,49H,3,5,9,13,15,17,23,25-26,29,33,35H2. The van der Waals surface area contributed by atoms with E-state index in [0.717, 1.165) is 70.6 Å². The first kappa shape index (κ1) is 34.0. The van der Waals surface area contributed by atoms with Crippen LogP contribution in [0, 0.1) is 11.8 Å². The summed E-state index contributed by atoms with van der Waals surface area (Å²) in [5.74, 6) is 1.95. The Bertz CT molecular complexity index is 2500. The number of benzene rings is 2. The van der Waals surface area contributed by atoms with Crippen molar-refractivity contribution in [3.05, 3.63) is 196 Å². The van der Waals surface area contributed by atoms with Crippen LogP contribution >= 0.6 is 0 Å². The Hall–Kier alpha value is -5.34. The van der Waals surface area contributed by atoms with Gasteiger partial charge in [0.25, 0.3) is 0 Å². The van der Waals surface area contributed by atoms with Gasteiger partial charge in [0.05, 0.1) is 5.52 Å². The molecule has 0 saturated carbocycles. The summed E-state index contributed by atoms with van der Waals surface area (Å²) in [7, 11) is 0. The highest BCUT2D eigenvalue weighted by molar-refractivity contribution is 5.95. The van der Waals surface area contributed by atoms with E-state index in [2.05, 4.69) is 155 Å². The number of allylic oxidation sites excluding steroid dienone is 23. The zero-order valence-corrected chi connectivity index (χ0v) is 32.5. The fraction of sp³-hybridized carbons (Fsp3) is 0.296. The summed E-state index contributed by atoms with van der Waals surface area (Å²) in [6.45, 7) is 0. The number of rotatable bonds is 6. The molecule has 2 heteroatoms. The van der Waals surface area contributed by atoms with E-state index < -0.39 is 0 Å². The van der Waals surface area contributed by atoms with Gasteiger partial charge < -0.3 is 9.47 Å². The third-order valence-electron chi connectivity index (χ3n) is 13.9. The average molecular weight is 729 g/mol. The lowest BCUT2D eigenvalue weighted by molar-refractivity contribution is 0.475. The number of hydrogen-bond donors (Lipinski definition) is 0. The molecule has 2 nitrogen and oxygen atoms in total. The number of aromatic nitrogens is 1. The highest BCUT2D eigenvalue weighted by atomic mass is 15.2. The lowest BCUT2D eigenvalue weighted by Gasteiger charge is -2.32.